The predicted molar refractivity (Wildman–Crippen MR) is 98.2 cm³/mol. The molecule has 0 aromatic heterocycles. The molecular formula is C16H24ClN3O2S. The summed E-state index contributed by atoms with van der Waals surface area (Å²) in [5.74, 6) is 0.609. The van der Waals surface area contributed by atoms with E-state index in [1.54, 1.807) is 0 Å². The maximum Gasteiger partial charge on any atom is 0.234 e. The number of carbonyl (C=O) groups is 2. The van der Waals surface area contributed by atoms with Crippen LogP contribution < -0.4 is 11.1 Å². The number of rotatable bonds is 6. The minimum Gasteiger partial charge on any atom is -0.338 e. The molecule has 0 saturated carbocycles. The van der Waals surface area contributed by atoms with E-state index in [0.717, 1.165) is 30.6 Å². The van der Waals surface area contributed by atoms with Crippen LogP contribution in [0.1, 0.15) is 18.4 Å². The van der Waals surface area contributed by atoms with E-state index < -0.39 is 0 Å². The lowest BCUT2D eigenvalue weighted by Crippen LogP contribution is -2.41. The molecule has 1 aromatic carbocycles. The van der Waals surface area contributed by atoms with Crippen molar-refractivity contribution in [1.29, 1.82) is 0 Å². The van der Waals surface area contributed by atoms with Crippen LogP contribution in [-0.4, -0.2) is 47.4 Å². The maximum absolute atomic E-state index is 12.1. The van der Waals surface area contributed by atoms with Gasteiger partial charge in [-0.25, -0.2) is 0 Å². The van der Waals surface area contributed by atoms with Gasteiger partial charge in [-0.15, -0.1) is 24.2 Å². The molecule has 0 spiro atoms. The molecule has 1 aliphatic heterocycles. The number of carbonyl (C=O) groups excluding carboxylic acids is 2. The Morgan fingerprint density at radius 1 is 1.30 bits per heavy atom. The fraction of sp³-hybridized carbons (Fsp3) is 0.500. The van der Waals surface area contributed by atoms with Crippen LogP contribution in [0, 0.1) is 6.92 Å². The minimum absolute atomic E-state index is 0. The van der Waals surface area contributed by atoms with Gasteiger partial charge in [-0.2, -0.15) is 0 Å². The van der Waals surface area contributed by atoms with Crippen molar-refractivity contribution in [2.75, 3.05) is 29.9 Å². The van der Waals surface area contributed by atoms with Crippen LogP contribution in [0.3, 0.4) is 0 Å². The monoisotopic (exact) mass is 357 g/mol. The molecule has 5 nitrogen and oxygen atoms in total. The fourth-order valence-corrected chi connectivity index (χ4v) is 3.26. The zero-order chi connectivity index (χ0) is 15.9. The Balaban J connectivity index is 0.00000264. The largest absolute Gasteiger partial charge is 0.338 e. The molecule has 0 aliphatic carbocycles. The summed E-state index contributed by atoms with van der Waals surface area (Å²) in [6.07, 6.45) is 2.01. The second kappa shape index (κ2) is 9.80. The minimum atomic E-state index is -0.0848. The third-order valence-corrected chi connectivity index (χ3v) is 4.68. The quantitative estimate of drug-likeness (QED) is 0.816. The molecule has 3 N–H and O–H groups in total. The number of hydrogen-bond donors (Lipinski definition) is 2. The second-order valence-corrected chi connectivity index (χ2v) is 6.51. The first kappa shape index (κ1) is 19.8. The Morgan fingerprint density at radius 3 is 2.65 bits per heavy atom. The number of anilines is 1. The summed E-state index contributed by atoms with van der Waals surface area (Å²) in [6.45, 7) is 3.31. The summed E-state index contributed by atoms with van der Waals surface area (Å²) in [6, 6.07) is 7.83. The third-order valence-electron chi connectivity index (χ3n) is 3.76. The lowest BCUT2D eigenvalue weighted by atomic mass is 10.2. The van der Waals surface area contributed by atoms with Crippen LogP contribution in [0.25, 0.3) is 0 Å². The number of hydrogen-bond acceptors (Lipinski definition) is 4. The molecule has 128 valence electrons. The fourth-order valence-electron chi connectivity index (χ4n) is 2.56. The van der Waals surface area contributed by atoms with Gasteiger partial charge in [0.15, 0.2) is 0 Å². The lowest BCUT2D eigenvalue weighted by Gasteiger charge is -2.23. The van der Waals surface area contributed by atoms with E-state index >= 15 is 0 Å². The molecular weight excluding hydrogens is 334 g/mol. The van der Waals surface area contributed by atoms with Gasteiger partial charge in [0, 0.05) is 24.8 Å². The van der Waals surface area contributed by atoms with Gasteiger partial charge in [-0.05, 0) is 31.9 Å². The van der Waals surface area contributed by atoms with Gasteiger partial charge in [0.2, 0.25) is 11.8 Å². The van der Waals surface area contributed by atoms with Crippen LogP contribution in [0.2, 0.25) is 0 Å². The Morgan fingerprint density at radius 2 is 2.00 bits per heavy atom. The summed E-state index contributed by atoms with van der Waals surface area (Å²) in [5, 5.41) is 2.83. The predicted octanol–water partition coefficient (Wildman–Crippen LogP) is 2.04. The lowest BCUT2D eigenvalue weighted by molar-refractivity contribution is -0.128. The highest BCUT2D eigenvalue weighted by Crippen LogP contribution is 2.18. The second-order valence-electron chi connectivity index (χ2n) is 5.53. The first-order valence-electron chi connectivity index (χ1n) is 7.54. The van der Waals surface area contributed by atoms with E-state index in [1.165, 1.54) is 11.8 Å². The van der Waals surface area contributed by atoms with Gasteiger partial charge in [0.25, 0.3) is 0 Å². The van der Waals surface area contributed by atoms with Crippen molar-refractivity contribution in [1.82, 2.24) is 4.90 Å². The molecule has 1 atom stereocenters. The molecule has 0 radical (unpaired) electrons. The smallest absolute Gasteiger partial charge is 0.234 e. The molecule has 1 aliphatic rings. The highest BCUT2D eigenvalue weighted by Gasteiger charge is 2.27. The highest BCUT2D eigenvalue weighted by atomic mass is 35.5. The zero-order valence-corrected chi connectivity index (χ0v) is 14.9. The molecule has 1 unspecified atom stereocenters. The van der Waals surface area contributed by atoms with E-state index in [1.807, 2.05) is 36.1 Å². The number of nitrogens with zero attached hydrogens (tertiary/aromatic N) is 1. The van der Waals surface area contributed by atoms with Crippen LogP contribution in [0.4, 0.5) is 5.69 Å². The number of halogens is 1. The summed E-state index contributed by atoms with van der Waals surface area (Å²) < 4.78 is 0. The van der Waals surface area contributed by atoms with Crippen molar-refractivity contribution in [3.8, 4) is 0 Å². The Kier molecular flexibility index (Phi) is 8.44. The third kappa shape index (κ3) is 6.05. The average Bonchev–Trinajstić information content (AvgIpc) is 2.98. The topological polar surface area (TPSA) is 75.4 Å². The van der Waals surface area contributed by atoms with Crippen molar-refractivity contribution in [3.05, 3.63) is 29.8 Å². The van der Waals surface area contributed by atoms with Crippen molar-refractivity contribution in [3.63, 3.8) is 0 Å². The van der Waals surface area contributed by atoms with E-state index in [0.29, 0.717) is 12.3 Å². The standard InChI is InChI=1S/C16H23N3O2S.ClH/c1-12-4-6-13(7-5-12)18-15(20)10-22-11-16(21)19-8-2-3-14(19)9-17;/h4-7,14H,2-3,8-11,17H2,1H3,(H,18,20);1H. The number of nitrogens with two attached hydrogens (primary N) is 1. The zero-order valence-electron chi connectivity index (χ0n) is 13.3. The summed E-state index contributed by atoms with van der Waals surface area (Å²) in [4.78, 5) is 25.8. The molecule has 23 heavy (non-hydrogen) atoms. The maximum atomic E-state index is 12.1. The van der Waals surface area contributed by atoms with E-state index in [-0.39, 0.29) is 36.0 Å². The van der Waals surface area contributed by atoms with Crippen LogP contribution in [0.5, 0.6) is 0 Å². The van der Waals surface area contributed by atoms with Gasteiger partial charge in [0.05, 0.1) is 11.5 Å². The molecule has 1 saturated heterocycles. The van der Waals surface area contributed by atoms with Gasteiger partial charge >= 0.3 is 0 Å². The first-order chi connectivity index (χ1) is 10.6. The molecule has 1 fully saturated rings. The van der Waals surface area contributed by atoms with E-state index in [9.17, 15) is 9.59 Å². The SMILES string of the molecule is Cc1ccc(NC(=O)CSCC(=O)N2CCCC2CN)cc1.Cl. The Hall–Kier alpha value is -1.24. The number of benzene rings is 1. The number of amides is 2. The van der Waals surface area contributed by atoms with Crippen LogP contribution in [-0.2, 0) is 9.59 Å². The van der Waals surface area contributed by atoms with Gasteiger partial charge in [-0.1, -0.05) is 17.7 Å². The number of aryl methyl sites for hydroxylation is 1. The summed E-state index contributed by atoms with van der Waals surface area (Å²) in [5.41, 5.74) is 7.60. The summed E-state index contributed by atoms with van der Waals surface area (Å²) in [7, 11) is 0. The van der Waals surface area contributed by atoms with Gasteiger partial charge < -0.3 is 16.0 Å². The van der Waals surface area contributed by atoms with Gasteiger partial charge in [-0.3, -0.25) is 9.59 Å². The summed E-state index contributed by atoms with van der Waals surface area (Å²) >= 11 is 1.35. The van der Waals surface area contributed by atoms with Crippen molar-refractivity contribution in [2.45, 2.75) is 25.8 Å². The molecule has 1 aromatic rings. The average molecular weight is 358 g/mol. The van der Waals surface area contributed by atoms with Crippen molar-refractivity contribution in [2.24, 2.45) is 5.73 Å². The van der Waals surface area contributed by atoms with Crippen LogP contribution >= 0.6 is 24.2 Å². The Bertz CT molecular complexity index is 525. The van der Waals surface area contributed by atoms with E-state index in [2.05, 4.69) is 5.32 Å². The van der Waals surface area contributed by atoms with Crippen molar-refractivity contribution < 1.29 is 9.59 Å². The number of nitrogens with one attached hydrogen (secondary N) is 1. The van der Waals surface area contributed by atoms with E-state index in [4.69, 9.17) is 5.73 Å². The normalized spacial score (nSPS) is 16.8. The number of likely N-dealkylation sites (tertiary alicyclic amines) is 1. The molecule has 1 heterocycles. The first-order valence-corrected chi connectivity index (χ1v) is 8.69. The van der Waals surface area contributed by atoms with Crippen molar-refractivity contribution >= 4 is 41.7 Å². The van der Waals surface area contributed by atoms with Crippen LogP contribution in [0.15, 0.2) is 24.3 Å². The Labute approximate surface area is 147 Å². The highest BCUT2D eigenvalue weighted by molar-refractivity contribution is 8.00. The molecule has 7 heteroatoms. The molecule has 2 rings (SSSR count). The molecule has 0 bridgehead atoms. The van der Waals surface area contributed by atoms with Gasteiger partial charge in [0.1, 0.15) is 0 Å². The molecule has 2 amide bonds. The number of thioether (sulfide) groups is 1.